The van der Waals surface area contributed by atoms with Gasteiger partial charge in [0.1, 0.15) is 15.4 Å². The number of carbonyl (C=O) groups is 2. The number of hydrogen-bond acceptors (Lipinski definition) is 4. The Labute approximate surface area is 147 Å². The van der Waals surface area contributed by atoms with Crippen LogP contribution in [0.3, 0.4) is 0 Å². The number of nitrogens with zero attached hydrogens (tertiary/aromatic N) is 3. The zero-order valence-corrected chi connectivity index (χ0v) is 14.7. The number of aromatic nitrogens is 2. The average molecular weight is 373 g/mol. The number of aryl methyl sites for hydroxylation is 1. The number of thiophene rings is 1. The van der Waals surface area contributed by atoms with Gasteiger partial charge < -0.3 is 10.2 Å². The van der Waals surface area contributed by atoms with Crippen molar-refractivity contribution in [2.45, 2.75) is 5.92 Å². The van der Waals surface area contributed by atoms with Gasteiger partial charge in [-0.05, 0) is 17.5 Å². The highest BCUT2D eigenvalue weighted by Gasteiger charge is 2.45. The van der Waals surface area contributed by atoms with Crippen LogP contribution in [-0.2, 0) is 16.6 Å². The summed E-state index contributed by atoms with van der Waals surface area (Å²) in [5.74, 6) is -1.81. The number of halogens is 2. The van der Waals surface area contributed by atoms with Crippen LogP contribution >= 0.6 is 34.5 Å². The number of rotatable bonds is 3. The van der Waals surface area contributed by atoms with Crippen molar-refractivity contribution in [1.29, 1.82) is 0 Å². The topological polar surface area (TPSA) is 67.2 Å². The molecule has 3 heterocycles. The minimum Gasteiger partial charge on any atom is -0.344 e. The normalized spacial score (nSPS) is 21.0. The molecule has 0 spiro atoms. The highest BCUT2D eigenvalue weighted by atomic mass is 35.5. The molecular formula is C14H14Cl2N4O2S. The fourth-order valence-electron chi connectivity index (χ4n) is 2.70. The molecule has 0 saturated carbocycles. The van der Waals surface area contributed by atoms with Crippen molar-refractivity contribution < 1.29 is 9.59 Å². The molecule has 2 atom stereocenters. The standard InChI is InChI=1S/C14H14Cl2N4O2S/c1-19-6-7(9-5-10(15)20(2)18-9)11(14(19)22)13(21)17-8-3-4-23-12(8)16/h3-5,7,11H,6H2,1-2H3,(H,17,21)/t7-,11+/m1/s1. The number of carbonyl (C=O) groups excluding carboxylic acids is 2. The number of likely N-dealkylation sites (tertiary alicyclic amines) is 1. The molecule has 0 unspecified atom stereocenters. The first kappa shape index (κ1) is 16.3. The third kappa shape index (κ3) is 2.96. The lowest BCUT2D eigenvalue weighted by molar-refractivity contribution is -0.135. The summed E-state index contributed by atoms with van der Waals surface area (Å²) in [4.78, 5) is 26.6. The Morgan fingerprint density at radius 3 is 2.74 bits per heavy atom. The third-order valence-electron chi connectivity index (χ3n) is 3.90. The molecule has 2 aromatic heterocycles. The van der Waals surface area contributed by atoms with E-state index in [4.69, 9.17) is 23.2 Å². The van der Waals surface area contributed by atoms with E-state index in [0.717, 1.165) is 0 Å². The maximum atomic E-state index is 12.6. The smallest absolute Gasteiger partial charge is 0.237 e. The molecule has 0 bridgehead atoms. The van der Waals surface area contributed by atoms with Gasteiger partial charge in [-0.3, -0.25) is 14.3 Å². The van der Waals surface area contributed by atoms with E-state index in [9.17, 15) is 9.59 Å². The van der Waals surface area contributed by atoms with Gasteiger partial charge in [0, 0.05) is 26.6 Å². The Balaban J connectivity index is 1.88. The van der Waals surface area contributed by atoms with Gasteiger partial charge in [0.15, 0.2) is 0 Å². The van der Waals surface area contributed by atoms with Crippen molar-refractivity contribution in [3.8, 4) is 0 Å². The van der Waals surface area contributed by atoms with E-state index < -0.39 is 5.92 Å². The first-order valence-electron chi connectivity index (χ1n) is 6.86. The van der Waals surface area contributed by atoms with Crippen LogP contribution < -0.4 is 5.32 Å². The van der Waals surface area contributed by atoms with Crippen LogP contribution in [0.15, 0.2) is 17.5 Å². The summed E-state index contributed by atoms with van der Waals surface area (Å²) in [5, 5.41) is 9.27. The van der Waals surface area contributed by atoms with E-state index in [1.54, 1.807) is 31.6 Å². The van der Waals surface area contributed by atoms with Crippen LogP contribution in [0.2, 0.25) is 9.49 Å². The summed E-state index contributed by atoms with van der Waals surface area (Å²) in [6, 6.07) is 3.40. The molecule has 1 fully saturated rings. The zero-order chi connectivity index (χ0) is 16.7. The molecule has 9 heteroatoms. The highest BCUT2D eigenvalue weighted by Crippen LogP contribution is 2.35. The Bertz CT molecular complexity index is 753. The van der Waals surface area contributed by atoms with E-state index >= 15 is 0 Å². The van der Waals surface area contributed by atoms with Gasteiger partial charge in [0.2, 0.25) is 11.8 Å². The summed E-state index contributed by atoms with van der Waals surface area (Å²) in [7, 11) is 3.39. The molecule has 3 rings (SSSR count). The molecule has 23 heavy (non-hydrogen) atoms. The average Bonchev–Trinajstić information content (AvgIpc) is 3.12. The highest BCUT2D eigenvalue weighted by molar-refractivity contribution is 7.15. The van der Waals surface area contributed by atoms with Gasteiger partial charge in [0.25, 0.3) is 0 Å². The molecule has 6 nitrogen and oxygen atoms in total. The summed E-state index contributed by atoms with van der Waals surface area (Å²) < 4.78 is 2.00. The van der Waals surface area contributed by atoms with E-state index in [1.165, 1.54) is 20.9 Å². The van der Waals surface area contributed by atoms with E-state index in [2.05, 4.69) is 10.4 Å². The zero-order valence-electron chi connectivity index (χ0n) is 12.4. The lowest BCUT2D eigenvalue weighted by Gasteiger charge is -2.14. The van der Waals surface area contributed by atoms with Crippen molar-refractivity contribution in [2.24, 2.45) is 13.0 Å². The van der Waals surface area contributed by atoms with Crippen molar-refractivity contribution in [3.05, 3.63) is 32.7 Å². The van der Waals surface area contributed by atoms with Crippen LogP contribution in [0.1, 0.15) is 11.6 Å². The Morgan fingerprint density at radius 1 is 1.43 bits per heavy atom. The number of hydrogen-bond donors (Lipinski definition) is 1. The lowest BCUT2D eigenvalue weighted by atomic mass is 9.91. The second-order valence-electron chi connectivity index (χ2n) is 5.42. The molecule has 1 N–H and O–H groups in total. The molecule has 2 amide bonds. The first-order valence-corrected chi connectivity index (χ1v) is 8.50. The van der Waals surface area contributed by atoms with Gasteiger partial charge in [-0.25, -0.2) is 0 Å². The molecule has 1 saturated heterocycles. The van der Waals surface area contributed by atoms with Crippen molar-refractivity contribution in [1.82, 2.24) is 14.7 Å². The second-order valence-corrected chi connectivity index (χ2v) is 7.32. The molecular weight excluding hydrogens is 359 g/mol. The summed E-state index contributed by atoms with van der Waals surface area (Å²) in [6.45, 7) is 0.418. The molecule has 122 valence electrons. The second kappa shape index (κ2) is 6.14. The Hall–Kier alpha value is -1.57. The van der Waals surface area contributed by atoms with Gasteiger partial charge in [0.05, 0.1) is 11.4 Å². The van der Waals surface area contributed by atoms with Crippen LogP contribution in [0.4, 0.5) is 5.69 Å². The Morgan fingerprint density at radius 2 is 2.17 bits per heavy atom. The molecule has 2 aromatic rings. The maximum Gasteiger partial charge on any atom is 0.237 e. The fraction of sp³-hybridized carbons (Fsp3) is 0.357. The van der Waals surface area contributed by atoms with Gasteiger partial charge >= 0.3 is 0 Å². The van der Waals surface area contributed by atoms with Crippen LogP contribution in [-0.4, -0.2) is 40.1 Å². The molecule has 1 aliphatic rings. The van der Waals surface area contributed by atoms with E-state index in [0.29, 0.717) is 27.4 Å². The number of amides is 2. The summed E-state index contributed by atoms with van der Waals surface area (Å²) in [5.41, 5.74) is 1.15. The number of likely N-dealkylation sites (N-methyl/N-ethyl adjacent to an activating group) is 1. The summed E-state index contributed by atoms with van der Waals surface area (Å²) in [6.07, 6.45) is 0. The van der Waals surface area contributed by atoms with Crippen molar-refractivity contribution in [3.63, 3.8) is 0 Å². The quantitative estimate of drug-likeness (QED) is 0.841. The SMILES string of the molecule is CN1C[C@H](c2cc(Cl)n(C)n2)[C@@H](C(=O)Nc2ccsc2Cl)C1=O. The van der Waals surface area contributed by atoms with Gasteiger partial charge in [-0.2, -0.15) is 5.10 Å². The number of nitrogens with one attached hydrogen (secondary N) is 1. The molecule has 0 radical (unpaired) electrons. The van der Waals surface area contributed by atoms with E-state index in [1.807, 2.05) is 0 Å². The molecule has 0 aromatic carbocycles. The predicted molar refractivity (Wildman–Crippen MR) is 90.0 cm³/mol. The molecule has 0 aliphatic carbocycles. The first-order chi connectivity index (χ1) is 10.9. The summed E-state index contributed by atoms with van der Waals surface area (Å²) >= 11 is 13.4. The number of anilines is 1. The largest absolute Gasteiger partial charge is 0.344 e. The van der Waals surface area contributed by atoms with Crippen LogP contribution in [0, 0.1) is 5.92 Å². The maximum absolute atomic E-state index is 12.6. The lowest BCUT2D eigenvalue weighted by Crippen LogP contribution is -2.32. The van der Waals surface area contributed by atoms with Crippen LogP contribution in [0.5, 0.6) is 0 Å². The predicted octanol–water partition coefficient (Wildman–Crippen LogP) is 2.60. The Kier molecular flexibility index (Phi) is 4.35. The minimum absolute atomic E-state index is 0.236. The van der Waals surface area contributed by atoms with Gasteiger partial charge in [-0.1, -0.05) is 23.2 Å². The van der Waals surface area contributed by atoms with E-state index in [-0.39, 0.29) is 17.7 Å². The third-order valence-corrected chi connectivity index (χ3v) is 5.42. The van der Waals surface area contributed by atoms with Crippen molar-refractivity contribution >= 4 is 52.0 Å². The minimum atomic E-state index is -0.845. The monoisotopic (exact) mass is 372 g/mol. The fourth-order valence-corrected chi connectivity index (χ4v) is 3.68. The molecule has 1 aliphatic heterocycles. The van der Waals surface area contributed by atoms with Crippen LogP contribution in [0.25, 0.3) is 0 Å². The van der Waals surface area contributed by atoms with Gasteiger partial charge in [-0.15, -0.1) is 11.3 Å². The van der Waals surface area contributed by atoms with Crippen molar-refractivity contribution in [2.75, 3.05) is 18.9 Å².